The molecule has 0 aliphatic rings. The summed E-state index contributed by atoms with van der Waals surface area (Å²) in [5.41, 5.74) is 0.928. The fourth-order valence-electron chi connectivity index (χ4n) is 1.21. The highest BCUT2D eigenvalue weighted by Crippen LogP contribution is 2.19. The van der Waals surface area contributed by atoms with Crippen LogP contribution < -0.4 is 0 Å². The second-order valence-electron chi connectivity index (χ2n) is 7.29. The minimum atomic E-state index is 0. The summed E-state index contributed by atoms with van der Waals surface area (Å²) in [6, 6.07) is 0. The normalized spacial score (nSPS) is 12.2. The summed E-state index contributed by atoms with van der Waals surface area (Å²) in [4.78, 5) is 0. The van der Waals surface area contributed by atoms with Gasteiger partial charge >= 0.3 is 0 Å². The third-order valence-corrected chi connectivity index (χ3v) is 2.27. The van der Waals surface area contributed by atoms with Gasteiger partial charge in [0.15, 0.2) is 0 Å². The Morgan fingerprint density at radius 1 is 0.579 bits per heavy atom. The lowest BCUT2D eigenvalue weighted by molar-refractivity contribution is 0.420. The molecule has 0 radical (unpaired) electrons. The first kappa shape index (κ1) is 23.6. The molecule has 0 saturated carbocycles. The van der Waals surface area contributed by atoms with E-state index in [0.717, 1.165) is 12.8 Å². The van der Waals surface area contributed by atoms with Crippen molar-refractivity contribution in [2.75, 3.05) is 0 Å². The number of hydrogen-bond donors (Lipinski definition) is 0. The predicted octanol–water partition coefficient (Wildman–Crippen LogP) is 7.41. The fourth-order valence-corrected chi connectivity index (χ4v) is 1.21. The zero-order valence-electron chi connectivity index (χ0n) is 14.1. The summed E-state index contributed by atoms with van der Waals surface area (Å²) in [5.74, 6) is 0. The number of rotatable bonds is 4. The van der Waals surface area contributed by atoms with Crippen LogP contribution in [0.4, 0.5) is 0 Å². The molecule has 0 rings (SSSR count). The van der Waals surface area contributed by atoms with Crippen molar-refractivity contribution in [2.24, 2.45) is 10.8 Å². The molecule has 0 nitrogen and oxygen atoms in total. The van der Waals surface area contributed by atoms with Gasteiger partial charge in [0, 0.05) is 0 Å². The van der Waals surface area contributed by atoms with E-state index in [1.54, 1.807) is 0 Å². The molecule has 0 N–H and O–H groups in total. The summed E-state index contributed by atoms with van der Waals surface area (Å²) in [6.07, 6.45) is 13.7. The quantitative estimate of drug-likeness (QED) is 0.465. The van der Waals surface area contributed by atoms with Crippen molar-refractivity contribution in [1.29, 1.82) is 0 Å². The molecule has 19 heavy (non-hydrogen) atoms. The number of hydrogen-bond acceptors (Lipinski definition) is 0. The van der Waals surface area contributed by atoms with Gasteiger partial charge in [-0.1, -0.05) is 87.1 Å². The summed E-state index contributed by atoms with van der Waals surface area (Å²) in [6.45, 7) is 17.9. The summed E-state index contributed by atoms with van der Waals surface area (Å²) in [5, 5.41) is 0. The van der Waals surface area contributed by atoms with Crippen LogP contribution in [0.5, 0.6) is 0 Å². The predicted molar refractivity (Wildman–Crippen MR) is 93.7 cm³/mol. The molecule has 0 unspecified atom stereocenters. The van der Waals surface area contributed by atoms with Gasteiger partial charge in [0.1, 0.15) is 0 Å². The van der Waals surface area contributed by atoms with Crippen molar-refractivity contribution in [3.05, 3.63) is 24.3 Å². The molecule has 0 fully saturated rings. The molecule has 0 bridgehead atoms. The van der Waals surface area contributed by atoms with Crippen LogP contribution in [0.25, 0.3) is 0 Å². The average molecular weight is 269 g/mol. The maximum absolute atomic E-state index is 2.26. The van der Waals surface area contributed by atoms with Gasteiger partial charge in [-0.25, -0.2) is 0 Å². The standard InChI is InChI=1S/2C9H18.CH4/c2*1-5-6-7-8-9(2,3)4;/h2*6-7H,5,8H2,1-4H3;1H4/b7-6+;7-6-;. The third kappa shape index (κ3) is 31.8. The van der Waals surface area contributed by atoms with E-state index in [0.29, 0.717) is 10.8 Å². The highest BCUT2D eigenvalue weighted by molar-refractivity contribution is 4.85. The second kappa shape index (κ2) is 12.5. The highest BCUT2D eigenvalue weighted by Gasteiger charge is 2.06. The van der Waals surface area contributed by atoms with Crippen LogP contribution in [-0.2, 0) is 0 Å². The van der Waals surface area contributed by atoms with Crippen LogP contribution >= 0.6 is 0 Å². The maximum atomic E-state index is 2.26. The largest absolute Gasteiger partial charge is 0.0888 e. The van der Waals surface area contributed by atoms with Crippen molar-refractivity contribution in [1.82, 2.24) is 0 Å². The van der Waals surface area contributed by atoms with E-state index < -0.39 is 0 Å². The van der Waals surface area contributed by atoms with Crippen LogP contribution in [0.1, 0.15) is 88.5 Å². The van der Waals surface area contributed by atoms with E-state index in [9.17, 15) is 0 Å². The first-order valence-corrected chi connectivity index (χ1v) is 7.42. The fraction of sp³-hybridized carbons (Fsp3) is 0.789. The molecule has 0 aromatic heterocycles. The van der Waals surface area contributed by atoms with Gasteiger partial charge in [0.05, 0.1) is 0 Å². The highest BCUT2D eigenvalue weighted by atomic mass is 14.1. The van der Waals surface area contributed by atoms with E-state index in [1.807, 2.05) is 0 Å². The van der Waals surface area contributed by atoms with Gasteiger partial charge in [-0.15, -0.1) is 0 Å². The molecule has 0 aromatic carbocycles. The lowest BCUT2D eigenvalue weighted by Crippen LogP contribution is -2.01. The van der Waals surface area contributed by atoms with E-state index in [4.69, 9.17) is 0 Å². The Morgan fingerprint density at radius 2 is 0.842 bits per heavy atom. The van der Waals surface area contributed by atoms with Gasteiger partial charge in [-0.3, -0.25) is 0 Å². The molecule has 0 spiro atoms. The third-order valence-electron chi connectivity index (χ3n) is 2.27. The lowest BCUT2D eigenvalue weighted by Gasteiger charge is -2.14. The van der Waals surface area contributed by atoms with Crippen LogP contribution in [0.3, 0.4) is 0 Å². The Bertz CT molecular complexity index is 191. The van der Waals surface area contributed by atoms with E-state index in [1.165, 1.54) is 12.8 Å². The van der Waals surface area contributed by atoms with Gasteiger partial charge in [-0.2, -0.15) is 0 Å². The van der Waals surface area contributed by atoms with Gasteiger partial charge < -0.3 is 0 Å². The van der Waals surface area contributed by atoms with Crippen LogP contribution in [0, 0.1) is 10.8 Å². The average Bonchev–Trinajstić information content (AvgIpc) is 2.16. The van der Waals surface area contributed by atoms with E-state index in [-0.39, 0.29) is 7.43 Å². The molecule has 0 heteroatoms. The molecule has 0 aliphatic heterocycles. The van der Waals surface area contributed by atoms with Crippen molar-refractivity contribution in [2.45, 2.75) is 88.5 Å². The first-order valence-electron chi connectivity index (χ1n) is 7.42. The Balaban J connectivity index is -0.000000256. The van der Waals surface area contributed by atoms with Crippen molar-refractivity contribution < 1.29 is 0 Å². The maximum Gasteiger partial charge on any atom is -0.0302 e. The molecule has 116 valence electrons. The molecular formula is C19H40. The van der Waals surface area contributed by atoms with Gasteiger partial charge in [0.2, 0.25) is 0 Å². The molecule has 0 aliphatic carbocycles. The van der Waals surface area contributed by atoms with Crippen molar-refractivity contribution in [3.8, 4) is 0 Å². The van der Waals surface area contributed by atoms with E-state index in [2.05, 4.69) is 79.7 Å². The zero-order chi connectivity index (χ0) is 14.7. The molecule has 0 amide bonds. The molecule has 0 atom stereocenters. The SMILES string of the molecule is C.CC/C=C/CC(C)(C)C.CC/C=C\CC(C)(C)C. The molecule has 0 aromatic rings. The van der Waals surface area contributed by atoms with Crippen molar-refractivity contribution in [3.63, 3.8) is 0 Å². The first-order chi connectivity index (χ1) is 8.12. The monoisotopic (exact) mass is 268 g/mol. The Morgan fingerprint density at radius 3 is 1.00 bits per heavy atom. The molecule has 0 heterocycles. The summed E-state index contributed by atoms with van der Waals surface area (Å²) >= 11 is 0. The minimum absolute atomic E-state index is 0. The molecular weight excluding hydrogens is 228 g/mol. The van der Waals surface area contributed by atoms with Crippen LogP contribution in [0.2, 0.25) is 0 Å². The second-order valence-corrected chi connectivity index (χ2v) is 7.29. The van der Waals surface area contributed by atoms with Crippen molar-refractivity contribution >= 4 is 0 Å². The topological polar surface area (TPSA) is 0 Å². The number of allylic oxidation sites excluding steroid dienone is 4. The zero-order valence-corrected chi connectivity index (χ0v) is 14.1. The smallest absolute Gasteiger partial charge is 0.0302 e. The lowest BCUT2D eigenvalue weighted by atomic mass is 9.92. The minimum Gasteiger partial charge on any atom is -0.0888 e. The van der Waals surface area contributed by atoms with E-state index >= 15 is 0 Å². The van der Waals surface area contributed by atoms with Gasteiger partial charge in [-0.05, 0) is 36.5 Å². The summed E-state index contributed by atoms with van der Waals surface area (Å²) in [7, 11) is 0. The Hall–Kier alpha value is -0.520. The molecule has 0 saturated heterocycles. The van der Waals surface area contributed by atoms with Crippen LogP contribution in [-0.4, -0.2) is 0 Å². The van der Waals surface area contributed by atoms with Crippen LogP contribution in [0.15, 0.2) is 24.3 Å². The van der Waals surface area contributed by atoms with Gasteiger partial charge in [0.25, 0.3) is 0 Å². The Labute approximate surface area is 124 Å². The summed E-state index contributed by atoms with van der Waals surface area (Å²) < 4.78 is 0. The Kier molecular flexibility index (Phi) is 15.5.